The van der Waals surface area contributed by atoms with E-state index in [1.165, 1.54) is 18.2 Å². The van der Waals surface area contributed by atoms with Crippen molar-refractivity contribution in [2.45, 2.75) is 20.0 Å². The predicted molar refractivity (Wildman–Crippen MR) is 110 cm³/mol. The van der Waals surface area contributed by atoms with Crippen LogP contribution < -0.4 is 14.8 Å². The number of ether oxygens (including phenoxy) is 2. The van der Waals surface area contributed by atoms with Crippen LogP contribution in [0.15, 0.2) is 46.4 Å². The molecule has 0 aliphatic carbocycles. The molecule has 0 unspecified atom stereocenters. The Morgan fingerprint density at radius 3 is 2.43 bits per heavy atom. The number of hydrogen-bond donors (Lipinski definition) is 1. The van der Waals surface area contributed by atoms with Gasteiger partial charge >= 0.3 is 6.18 Å². The lowest BCUT2D eigenvalue weighted by Gasteiger charge is -2.13. The van der Waals surface area contributed by atoms with Crippen LogP contribution in [0, 0.1) is 11.3 Å². The van der Waals surface area contributed by atoms with E-state index in [0.717, 1.165) is 12.1 Å². The Morgan fingerprint density at radius 1 is 1.17 bits per heavy atom. The minimum Gasteiger partial charge on any atom is -0.493 e. The zero-order valence-electron chi connectivity index (χ0n) is 16.1. The Hall–Kier alpha value is -2.99. The number of carbonyl (C=O) groups excluding carboxylic acids is 1. The lowest BCUT2D eigenvalue weighted by atomic mass is 10.1. The summed E-state index contributed by atoms with van der Waals surface area (Å²) in [6.45, 7) is 4.38. The number of nitrogens with zero attached hydrogens (tertiary/aromatic N) is 1. The van der Waals surface area contributed by atoms with E-state index in [1.807, 2.05) is 6.92 Å². The van der Waals surface area contributed by atoms with Gasteiger partial charge in [-0.2, -0.15) is 18.4 Å². The van der Waals surface area contributed by atoms with Crippen LogP contribution >= 0.6 is 15.9 Å². The van der Waals surface area contributed by atoms with Gasteiger partial charge < -0.3 is 14.8 Å². The number of nitriles is 1. The van der Waals surface area contributed by atoms with Crippen molar-refractivity contribution >= 4 is 33.6 Å². The summed E-state index contributed by atoms with van der Waals surface area (Å²) < 4.78 is 50.2. The second-order valence-corrected chi connectivity index (χ2v) is 6.74. The van der Waals surface area contributed by atoms with E-state index in [4.69, 9.17) is 9.47 Å². The average molecular weight is 483 g/mol. The molecular formula is C21H18BrF3N2O3. The molecule has 1 N–H and O–H groups in total. The molecule has 0 heterocycles. The molecule has 5 nitrogen and oxygen atoms in total. The third-order valence-corrected chi connectivity index (χ3v) is 4.40. The van der Waals surface area contributed by atoms with E-state index in [1.54, 1.807) is 25.1 Å². The Labute approximate surface area is 180 Å². The fourth-order valence-electron chi connectivity index (χ4n) is 2.49. The number of benzene rings is 2. The first-order valence-electron chi connectivity index (χ1n) is 8.89. The smallest absolute Gasteiger partial charge is 0.416 e. The minimum absolute atomic E-state index is 0.0751. The number of alkyl halides is 3. The summed E-state index contributed by atoms with van der Waals surface area (Å²) in [6.07, 6.45) is -3.25. The minimum atomic E-state index is -4.55. The van der Waals surface area contributed by atoms with Crippen molar-refractivity contribution in [1.29, 1.82) is 5.26 Å². The normalized spacial score (nSPS) is 11.6. The molecule has 0 fully saturated rings. The Balaban J connectivity index is 2.36. The molecule has 2 aromatic carbocycles. The van der Waals surface area contributed by atoms with Crippen molar-refractivity contribution in [2.24, 2.45) is 0 Å². The van der Waals surface area contributed by atoms with E-state index in [2.05, 4.69) is 21.2 Å². The van der Waals surface area contributed by atoms with Crippen molar-refractivity contribution in [3.8, 4) is 17.6 Å². The van der Waals surface area contributed by atoms with Gasteiger partial charge in [0.1, 0.15) is 23.1 Å². The van der Waals surface area contributed by atoms with Gasteiger partial charge in [0.25, 0.3) is 5.91 Å². The van der Waals surface area contributed by atoms with Gasteiger partial charge in [0.05, 0.1) is 23.2 Å². The maximum absolute atomic E-state index is 12.9. The van der Waals surface area contributed by atoms with Crippen LogP contribution in [0.3, 0.4) is 0 Å². The fourth-order valence-corrected chi connectivity index (χ4v) is 2.96. The second kappa shape index (κ2) is 10.2. The van der Waals surface area contributed by atoms with Crippen LogP contribution in [-0.2, 0) is 11.0 Å². The SMILES string of the molecule is CCOc1cc(OCC)c(/C=C(/C#N)C(=O)Nc2cccc(C(F)(F)F)c2)cc1Br. The van der Waals surface area contributed by atoms with Crippen molar-refractivity contribution in [3.63, 3.8) is 0 Å². The molecule has 0 aliphatic heterocycles. The molecule has 0 radical (unpaired) electrons. The fraction of sp³-hybridized carbons (Fsp3) is 0.238. The van der Waals surface area contributed by atoms with Crippen LogP contribution in [0.4, 0.5) is 18.9 Å². The third kappa shape index (κ3) is 6.00. The molecule has 0 bridgehead atoms. The Bertz CT molecular complexity index is 998. The highest BCUT2D eigenvalue weighted by Gasteiger charge is 2.30. The lowest BCUT2D eigenvalue weighted by molar-refractivity contribution is -0.137. The standard InChI is InChI=1S/C21H18BrF3N2O3/c1-3-29-18-11-19(30-4-2)17(22)9-13(18)8-14(12-26)20(28)27-16-7-5-6-15(10-16)21(23,24)25/h5-11H,3-4H2,1-2H3,(H,27,28)/b14-8-. The van der Waals surface area contributed by atoms with Gasteiger partial charge in [0, 0.05) is 17.3 Å². The third-order valence-electron chi connectivity index (χ3n) is 3.78. The average Bonchev–Trinajstić information content (AvgIpc) is 2.69. The van der Waals surface area contributed by atoms with Crippen molar-refractivity contribution < 1.29 is 27.4 Å². The molecule has 2 rings (SSSR count). The van der Waals surface area contributed by atoms with Crippen LogP contribution in [0.25, 0.3) is 6.08 Å². The van der Waals surface area contributed by atoms with Crippen molar-refractivity contribution in [2.75, 3.05) is 18.5 Å². The Morgan fingerprint density at radius 2 is 1.83 bits per heavy atom. The number of halogens is 4. The number of amides is 1. The molecule has 9 heteroatoms. The second-order valence-electron chi connectivity index (χ2n) is 5.89. The molecule has 0 saturated carbocycles. The summed E-state index contributed by atoms with van der Waals surface area (Å²) >= 11 is 3.36. The van der Waals surface area contributed by atoms with Gasteiger partial charge in [-0.3, -0.25) is 4.79 Å². The number of anilines is 1. The van der Waals surface area contributed by atoms with Crippen molar-refractivity contribution in [1.82, 2.24) is 0 Å². The van der Waals surface area contributed by atoms with E-state index >= 15 is 0 Å². The highest BCUT2D eigenvalue weighted by atomic mass is 79.9. The summed E-state index contributed by atoms with van der Waals surface area (Å²) in [4.78, 5) is 12.5. The van der Waals surface area contributed by atoms with E-state index in [0.29, 0.717) is 34.7 Å². The number of nitrogens with one attached hydrogen (secondary N) is 1. The van der Waals surface area contributed by atoms with E-state index < -0.39 is 17.6 Å². The zero-order chi connectivity index (χ0) is 22.3. The molecule has 30 heavy (non-hydrogen) atoms. The molecule has 0 saturated heterocycles. The summed E-state index contributed by atoms with van der Waals surface area (Å²) in [5.74, 6) is 0.0815. The quantitative estimate of drug-likeness (QED) is 0.399. The van der Waals surface area contributed by atoms with Crippen LogP contribution in [0.5, 0.6) is 11.5 Å². The lowest BCUT2D eigenvalue weighted by Crippen LogP contribution is -2.14. The maximum atomic E-state index is 12.9. The highest BCUT2D eigenvalue weighted by Crippen LogP contribution is 2.35. The van der Waals surface area contributed by atoms with E-state index in [-0.39, 0.29) is 11.3 Å². The van der Waals surface area contributed by atoms with Gasteiger partial charge in [-0.15, -0.1) is 0 Å². The van der Waals surface area contributed by atoms with Gasteiger partial charge in [0.2, 0.25) is 0 Å². The molecule has 2 aromatic rings. The number of rotatable bonds is 7. The topological polar surface area (TPSA) is 71.3 Å². The first-order chi connectivity index (χ1) is 14.2. The molecular weight excluding hydrogens is 465 g/mol. The monoisotopic (exact) mass is 482 g/mol. The molecule has 0 spiro atoms. The Kier molecular flexibility index (Phi) is 7.89. The summed E-state index contributed by atoms with van der Waals surface area (Å²) in [6, 6.07) is 9.19. The summed E-state index contributed by atoms with van der Waals surface area (Å²) in [7, 11) is 0. The van der Waals surface area contributed by atoms with Gasteiger partial charge in [-0.25, -0.2) is 0 Å². The molecule has 0 aliphatic rings. The first-order valence-corrected chi connectivity index (χ1v) is 9.68. The maximum Gasteiger partial charge on any atom is 0.416 e. The van der Waals surface area contributed by atoms with Gasteiger partial charge in [0.15, 0.2) is 0 Å². The van der Waals surface area contributed by atoms with Crippen LogP contribution in [-0.4, -0.2) is 19.1 Å². The van der Waals surface area contributed by atoms with Crippen LogP contribution in [0.2, 0.25) is 0 Å². The molecule has 0 aromatic heterocycles. The van der Waals surface area contributed by atoms with Crippen molar-refractivity contribution in [3.05, 3.63) is 57.6 Å². The predicted octanol–water partition coefficient (Wildman–Crippen LogP) is 5.81. The molecule has 0 atom stereocenters. The molecule has 158 valence electrons. The van der Waals surface area contributed by atoms with Crippen LogP contribution in [0.1, 0.15) is 25.0 Å². The van der Waals surface area contributed by atoms with Gasteiger partial charge in [-0.1, -0.05) is 6.07 Å². The molecule has 1 amide bonds. The number of carbonyl (C=O) groups is 1. The largest absolute Gasteiger partial charge is 0.493 e. The number of hydrogen-bond acceptors (Lipinski definition) is 4. The first kappa shape index (κ1) is 23.3. The highest BCUT2D eigenvalue weighted by molar-refractivity contribution is 9.10. The summed E-state index contributed by atoms with van der Waals surface area (Å²) in [5.41, 5.74) is -0.849. The summed E-state index contributed by atoms with van der Waals surface area (Å²) in [5, 5.41) is 11.7. The van der Waals surface area contributed by atoms with E-state index in [9.17, 15) is 23.2 Å². The zero-order valence-corrected chi connectivity index (χ0v) is 17.7. The van der Waals surface area contributed by atoms with Gasteiger partial charge in [-0.05, 0) is 60.1 Å².